The molecule has 0 saturated heterocycles. The maximum absolute atomic E-state index is 14.2. The van der Waals surface area contributed by atoms with E-state index in [1.54, 1.807) is 6.26 Å². The average Bonchev–Trinajstić information content (AvgIpc) is 3.13. The first-order valence-electron chi connectivity index (χ1n) is 12.5. The molecule has 1 aromatic heterocycles. The molecule has 0 spiro atoms. The number of rotatable bonds is 7. The molecule has 5 nitrogen and oxygen atoms in total. The fourth-order valence-electron chi connectivity index (χ4n) is 5.63. The van der Waals surface area contributed by atoms with Gasteiger partial charge in [0.1, 0.15) is 11.3 Å². The zero-order chi connectivity index (χ0) is 24.5. The molecule has 1 N–H and O–H groups in total. The summed E-state index contributed by atoms with van der Waals surface area (Å²) in [5.74, 6) is 0.727. The van der Waals surface area contributed by atoms with Gasteiger partial charge in [-0.3, -0.25) is 9.59 Å². The van der Waals surface area contributed by atoms with Gasteiger partial charge < -0.3 is 14.6 Å². The van der Waals surface area contributed by atoms with Crippen molar-refractivity contribution in [3.63, 3.8) is 0 Å². The highest BCUT2D eigenvalue weighted by Crippen LogP contribution is 2.60. The van der Waals surface area contributed by atoms with Crippen molar-refractivity contribution in [2.45, 2.75) is 78.8 Å². The third kappa shape index (κ3) is 4.70. The Morgan fingerprint density at radius 2 is 1.76 bits per heavy atom. The molecule has 0 radical (unpaired) electrons. The van der Waals surface area contributed by atoms with Crippen molar-refractivity contribution in [1.29, 1.82) is 0 Å². The lowest BCUT2D eigenvalue weighted by atomic mass is 9.78. The minimum absolute atomic E-state index is 0.0601. The summed E-state index contributed by atoms with van der Waals surface area (Å²) in [5, 5.41) is 3.14. The van der Waals surface area contributed by atoms with Crippen molar-refractivity contribution in [3.8, 4) is 0 Å². The zero-order valence-electron chi connectivity index (χ0n) is 21.2. The van der Waals surface area contributed by atoms with Crippen molar-refractivity contribution in [2.24, 2.45) is 17.3 Å². The number of carbonyl (C=O) groups excluding carboxylic acids is 2. The predicted molar refractivity (Wildman–Crippen MR) is 135 cm³/mol. The van der Waals surface area contributed by atoms with E-state index in [0.717, 1.165) is 30.5 Å². The van der Waals surface area contributed by atoms with Crippen LogP contribution in [0.2, 0.25) is 0 Å². The van der Waals surface area contributed by atoms with Crippen LogP contribution in [0, 0.1) is 24.2 Å². The van der Waals surface area contributed by atoms with Crippen LogP contribution in [0.25, 0.3) is 0 Å². The summed E-state index contributed by atoms with van der Waals surface area (Å²) in [6, 6.07) is 11.6. The Labute approximate surface area is 203 Å². The lowest BCUT2D eigenvalue weighted by Crippen LogP contribution is -2.60. The van der Waals surface area contributed by atoms with Crippen molar-refractivity contribution in [2.75, 3.05) is 5.32 Å². The van der Waals surface area contributed by atoms with Crippen LogP contribution >= 0.6 is 0 Å². The Morgan fingerprint density at radius 1 is 1.09 bits per heavy atom. The second-order valence-electron chi connectivity index (χ2n) is 11.0. The first-order valence-corrected chi connectivity index (χ1v) is 12.5. The highest BCUT2D eigenvalue weighted by atomic mass is 16.3. The van der Waals surface area contributed by atoms with Crippen molar-refractivity contribution in [3.05, 3.63) is 65.6 Å². The molecule has 1 aromatic carbocycles. The second-order valence-corrected chi connectivity index (χ2v) is 11.0. The first-order chi connectivity index (χ1) is 16.1. The number of aryl methyl sites for hydroxylation is 1. The van der Waals surface area contributed by atoms with Gasteiger partial charge in [0.25, 0.3) is 0 Å². The van der Waals surface area contributed by atoms with Gasteiger partial charge in [-0.15, -0.1) is 0 Å². The normalized spacial score (nSPS) is 22.5. The molecule has 2 aliphatic rings. The van der Waals surface area contributed by atoms with Crippen LogP contribution < -0.4 is 5.32 Å². The quantitative estimate of drug-likeness (QED) is 0.478. The molecule has 2 saturated carbocycles. The van der Waals surface area contributed by atoms with Crippen LogP contribution in [-0.2, 0) is 16.1 Å². The third-order valence-corrected chi connectivity index (χ3v) is 7.78. The summed E-state index contributed by atoms with van der Waals surface area (Å²) in [5.41, 5.74) is 2.11. The smallest absolute Gasteiger partial charge is 0.250 e. The Kier molecular flexibility index (Phi) is 6.75. The van der Waals surface area contributed by atoms with Gasteiger partial charge in [0.05, 0.1) is 18.7 Å². The molecule has 5 heteroatoms. The van der Waals surface area contributed by atoms with Gasteiger partial charge >= 0.3 is 0 Å². The number of nitrogens with zero attached hydrogens (tertiary/aromatic N) is 1. The number of nitrogens with one attached hydrogen (secondary N) is 1. The molecule has 1 heterocycles. The van der Waals surface area contributed by atoms with Crippen LogP contribution in [0.5, 0.6) is 0 Å². The molecule has 2 fully saturated rings. The fourth-order valence-corrected chi connectivity index (χ4v) is 5.63. The Bertz CT molecular complexity index is 1040. The molecule has 2 aliphatic carbocycles. The summed E-state index contributed by atoms with van der Waals surface area (Å²) in [7, 11) is 0. The SMILES string of the molecule is CC(C)=CC1C(C(=O)N(Cc2ccco2)C2(C(=O)Nc3ccc(C)cc3)CCCCC2)C1(C)C. The molecule has 34 heavy (non-hydrogen) atoms. The van der Waals surface area contributed by atoms with Gasteiger partial charge in [0, 0.05) is 5.69 Å². The molecule has 0 aliphatic heterocycles. The van der Waals surface area contributed by atoms with Crippen molar-refractivity contribution >= 4 is 17.5 Å². The molecule has 4 rings (SSSR count). The summed E-state index contributed by atoms with van der Waals surface area (Å²) < 4.78 is 5.67. The van der Waals surface area contributed by atoms with Crippen LogP contribution in [0.4, 0.5) is 5.69 Å². The number of furan rings is 1. The molecular formula is C29H38N2O3. The maximum atomic E-state index is 14.2. The van der Waals surface area contributed by atoms with Gasteiger partial charge in [0.2, 0.25) is 11.8 Å². The Balaban J connectivity index is 1.70. The zero-order valence-corrected chi connectivity index (χ0v) is 21.2. The molecule has 2 aromatic rings. The summed E-state index contributed by atoms with van der Waals surface area (Å²) in [6.45, 7) is 10.8. The van der Waals surface area contributed by atoms with E-state index in [-0.39, 0.29) is 29.1 Å². The Morgan fingerprint density at radius 3 is 2.35 bits per heavy atom. The minimum atomic E-state index is -0.888. The number of allylic oxidation sites excluding steroid dienone is 2. The molecular weight excluding hydrogens is 424 g/mol. The number of benzene rings is 1. The first kappa shape index (κ1) is 24.3. The van der Waals surface area contributed by atoms with E-state index < -0.39 is 5.54 Å². The number of amides is 2. The van der Waals surface area contributed by atoms with E-state index in [9.17, 15) is 9.59 Å². The standard InChI is InChI=1S/C29H38N2O3/c1-20(2)18-24-25(28(24,4)5)26(32)31(19-23-10-9-17-34-23)29(15-7-6-8-16-29)27(33)30-22-13-11-21(3)12-14-22/h9-14,17-18,24-25H,6-8,15-16,19H2,1-5H3,(H,30,33). The molecule has 2 atom stereocenters. The van der Waals surface area contributed by atoms with E-state index in [4.69, 9.17) is 4.42 Å². The fraction of sp³-hybridized carbons (Fsp3) is 0.517. The van der Waals surface area contributed by atoms with E-state index in [2.05, 4.69) is 39.1 Å². The van der Waals surface area contributed by atoms with Gasteiger partial charge in [0.15, 0.2) is 0 Å². The van der Waals surface area contributed by atoms with E-state index >= 15 is 0 Å². The van der Waals surface area contributed by atoms with Crippen LogP contribution in [0.1, 0.15) is 71.1 Å². The summed E-state index contributed by atoms with van der Waals surface area (Å²) in [4.78, 5) is 30.0. The lowest BCUT2D eigenvalue weighted by molar-refractivity contribution is -0.151. The second kappa shape index (κ2) is 9.44. The van der Waals surface area contributed by atoms with E-state index in [1.165, 1.54) is 5.57 Å². The monoisotopic (exact) mass is 462 g/mol. The van der Waals surface area contributed by atoms with Crippen LogP contribution in [0.3, 0.4) is 0 Å². The van der Waals surface area contributed by atoms with E-state index in [0.29, 0.717) is 25.1 Å². The lowest BCUT2D eigenvalue weighted by Gasteiger charge is -2.45. The topological polar surface area (TPSA) is 62.6 Å². The summed E-state index contributed by atoms with van der Waals surface area (Å²) in [6.07, 6.45) is 8.11. The Hall–Kier alpha value is -2.82. The largest absolute Gasteiger partial charge is 0.467 e. The van der Waals surface area contributed by atoms with Crippen LogP contribution in [-0.4, -0.2) is 22.3 Å². The highest BCUT2D eigenvalue weighted by molar-refractivity contribution is 6.01. The van der Waals surface area contributed by atoms with Gasteiger partial charge in [-0.2, -0.15) is 0 Å². The van der Waals surface area contributed by atoms with Crippen molar-refractivity contribution < 1.29 is 14.0 Å². The maximum Gasteiger partial charge on any atom is 0.250 e. The number of carbonyl (C=O) groups is 2. The van der Waals surface area contributed by atoms with E-state index in [1.807, 2.05) is 48.2 Å². The number of hydrogen-bond donors (Lipinski definition) is 1. The molecule has 2 unspecified atom stereocenters. The third-order valence-electron chi connectivity index (χ3n) is 7.78. The molecule has 182 valence electrons. The average molecular weight is 463 g/mol. The number of anilines is 1. The van der Waals surface area contributed by atoms with Crippen molar-refractivity contribution in [1.82, 2.24) is 4.90 Å². The highest BCUT2D eigenvalue weighted by Gasteiger charge is 2.63. The van der Waals surface area contributed by atoms with Gasteiger partial charge in [-0.1, -0.05) is 62.5 Å². The molecule has 0 bridgehead atoms. The number of hydrogen-bond acceptors (Lipinski definition) is 3. The minimum Gasteiger partial charge on any atom is -0.467 e. The van der Waals surface area contributed by atoms with Gasteiger partial charge in [-0.05, 0) is 69.2 Å². The summed E-state index contributed by atoms with van der Waals surface area (Å²) >= 11 is 0. The van der Waals surface area contributed by atoms with Gasteiger partial charge in [-0.25, -0.2) is 0 Å². The predicted octanol–water partition coefficient (Wildman–Crippen LogP) is 6.50. The van der Waals surface area contributed by atoms with Crippen LogP contribution in [0.15, 0.2) is 58.7 Å². The molecule has 2 amide bonds.